The molecule has 0 aliphatic carbocycles. The molecular weight excluding hydrogens is 372 g/mol. The summed E-state index contributed by atoms with van der Waals surface area (Å²) in [5.74, 6) is 1.21. The van der Waals surface area contributed by atoms with Crippen molar-refractivity contribution >= 4 is 34.5 Å². The van der Waals surface area contributed by atoms with Crippen molar-refractivity contribution in [2.45, 2.75) is 0 Å². The van der Waals surface area contributed by atoms with E-state index in [2.05, 4.69) is 10.6 Å². The molecule has 142 valence electrons. The molecule has 0 amide bonds. The Labute approximate surface area is 169 Å². The number of rotatable bonds is 6. The molecule has 0 aliphatic heterocycles. The van der Waals surface area contributed by atoms with Crippen molar-refractivity contribution in [1.29, 1.82) is 0 Å². The van der Waals surface area contributed by atoms with Crippen LogP contribution in [-0.2, 0) is 0 Å². The first-order chi connectivity index (χ1) is 13.6. The number of hydrogen-bond acceptors (Lipinski definition) is 4. The lowest BCUT2D eigenvalue weighted by Crippen LogP contribution is -2.21. The van der Waals surface area contributed by atoms with Gasteiger partial charge in [0.05, 0.1) is 19.9 Å². The highest BCUT2D eigenvalue weighted by Crippen LogP contribution is 2.26. The molecule has 0 aromatic heterocycles. The molecule has 0 heterocycles. The number of carbonyl (C=O) groups is 1. The number of ketones is 1. The van der Waals surface area contributed by atoms with Gasteiger partial charge in [-0.2, -0.15) is 0 Å². The maximum Gasteiger partial charge on any atom is 0.195 e. The highest BCUT2D eigenvalue weighted by Gasteiger charge is 2.14. The van der Waals surface area contributed by atoms with Crippen molar-refractivity contribution in [3.63, 3.8) is 0 Å². The Morgan fingerprint density at radius 2 is 1.43 bits per heavy atom. The lowest BCUT2D eigenvalue weighted by atomic mass is 10.0. The first kappa shape index (κ1) is 19.4. The van der Waals surface area contributed by atoms with Gasteiger partial charge in [0.25, 0.3) is 0 Å². The van der Waals surface area contributed by atoms with Gasteiger partial charge in [-0.15, -0.1) is 0 Å². The first-order valence-electron chi connectivity index (χ1n) is 8.60. The number of hydrogen-bond donors (Lipinski definition) is 2. The standard InChI is InChI=1S/C22H20N2O3S/c1-26-17-12-16(13-18(14-17)27-2)23-22(28)24-20-11-7-6-10-19(20)21(25)15-8-4-3-5-9-15/h3-14H,1-2H3,(H2,23,24,28). The minimum atomic E-state index is -0.0745. The molecule has 2 N–H and O–H groups in total. The van der Waals surface area contributed by atoms with Crippen LogP contribution in [0.2, 0.25) is 0 Å². The van der Waals surface area contributed by atoms with Crippen molar-refractivity contribution < 1.29 is 14.3 Å². The highest BCUT2D eigenvalue weighted by atomic mass is 32.1. The lowest BCUT2D eigenvalue weighted by molar-refractivity contribution is 0.103. The monoisotopic (exact) mass is 392 g/mol. The van der Waals surface area contributed by atoms with E-state index in [1.165, 1.54) is 0 Å². The van der Waals surface area contributed by atoms with Gasteiger partial charge in [0.15, 0.2) is 10.9 Å². The molecule has 0 saturated carbocycles. The summed E-state index contributed by atoms with van der Waals surface area (Å²) in [5, 5.41) is 6.55. The van der Waals surface area contributed by atoms with Gasteiger partial charge in [-0.25, -0.2) is 0 Å². The Hall–Kier alpha value is -3.38. The molecule has 0 atom stereocenters. The molecule has 0 radical (unpaired) electrons. The van der Waals surface area contributed by atoms with E-state index in [0.717, 1.165) is 0 Å². The van der Waals surface area contributed by atoms with E-state index in [1.54, 1.807) is 50.6 Å². The number of para-hydroxylation sites is 1. The van der Waals surface area contributed by atoms with E-state index < -0.39 is 0 Å². The summed E-state index contributed by atoms with van der Waals surface area (Å²) < 4.78 is 10.5. The van der Waals surface area contributed by atoms with E-state index in [0.29, 0.717) is 39.1 Å². The second-order valence-electron chi connectivity index (χ2n) is 5.92. The average molecular weight is 392 g/mol. The van der Waals surface area contributed by atoms with E-state index >= 15 is 0 Å². The minimum Gasteiger partial charge on any atom is -0.497 e. The number of anilines is 2. The van der Waals surface area contributed by atoms with Crippen LogP contribution in [0.5, 0.6) is 11.5 Å². The van der Waals surface area contributed by atoms with Crippen molar-refractivity contribution in [3.8, 4) is 11.5 Å². The molecule has 5 nitrogen and oxygen atoms in total. The molecule has 0 fully saturated rings. The summed E-state index contributed by atoms with van der Waals surface area (Å²) in [6.45, 7) is 0. The molecule has 0 aliphatic rings. The number of thiocarbonyl (C=S) groups is 1. The third-order valence-electron chi connectivity index (χ3n) is 4.07. The minimum absolute atomic E-state index is 0.0745. The van der Waals surface area contributed by atoms with Gasteiger partial charge in [0.2, 0.25) is 0 Å². The van der Waals surface area contributed by atoms with Gasteiger partial charge in [0.1, 0.15) is 11.5 Å². The Kier molecular flexibility index (Phi) is 6.24. The fourth-order valence-corrected chi connectivity index (χ4v) is 2.93. The molecule has 6 heteroatoms. The lowest BCUT2D eigenvalue weighted by Gasteiger charge is -2.15. The zero-order chi connectivity index (χ0) is 19.9. The third kappa shape index (κ3) is 4.66. The third-order valence-corrected chi connectivity index (χ3v) is 4.27. The first-order valence-corrected chi connectivity index (χ1v) is 9.01. The van der Waals surface area contributed by atoms with Gasteiger partial charge >= 0.3 is 0 Å². The fraction of sp³-hybridized carbons (Fsp3) is 0.0909. The number of benzene rings is 3. The summed E-state index contributed by atoms with van der Waals surface area (Å²) in [6.07, 6.45) is 0. The van der Waals surface area contributed by atoms with Gasteiger partial charge in [-0.1, -0.05) is 42.5 Å². The zero-order valence-electron chi connectivity index (χ0n) is 15.6. The number of nitrogens with one attached hydrogen (secondary N) is 2. The van der Waals surface area contributed by atoms with Crippen LogP contribution in [0.3, 0.4) is 0 Å². The molecule has 3 aromatic rings. The van der Waals surface area contributed by atoms with Crippen LogP contribution in [-0.4, -0.2) is 25.1 Å². The van der Waals surface area contributed by atoms with Gasteiger partial charge < -0.3 is 20.1 Å². The van der Waals surface area contributed by atoms with Crippen molar-refractivity contribution in [2.75, 3.05) is 24.9 Å². The molecular formula is C22H20N2O3S. The van der Waals surface area contributed by atoms with Crippen LogP contribution >= 0.6 is 12.2 Å². The highest BCUT2D eigenvalue weighted by molar-refractivity contribution is 7.80. The topological polar surface area (TPSA) is 59.6 Å². The molecule has 0 spiro atoms. The Morgan fingerprint density at radius 3 is 2.07 bits per heavy atom. The summed E-state index contributed by atoms with van der Waals surface area (Å²) in [6, 6.07) is 21.8. The van der Waals surface area contributed by atoms with Crippen LogP contribution in [0.15, 0.2) is 72.8 Å². The molecule has 0 saturated heterocycles. The largest absolute Gasteiger partial charge is 0.497 e. The predicted molar refractivity (Wildman–Crippen MR) is 116 cm³/mol. The normalized spacial score (nSPS) is 10.1. The maximum absolute atomic E-state index is 12.8. The second-order valence-corrected chi connectivity index (χ2v) is 6.33. The van der Waals surface area contributed by atoms with Gasteiger partial charge in [-0.3, -0.25) is 4.79 Å². The second kappa shape index (κ2) is 9.01. The molecule has 28 heavy (non-hydrogen) atoms. The van der Waals surface area contributed by atoms with Crippen molar-refractivity contribution in [1.82, 2.24) is 0 Å². The van der Waals surface area contributed by atoms with Crippen LogP contribution in [0.4, 0.5) is 11.4 Å². The maximum atomic E-state index is 12.8. The smallest absolute Gasteiger partial charge is 0.195 e. The van der Waals surface area contributed by atoms with Crippen LogP contribution < -0.4 is 20.1 Å². The van der Waals surface area contributed by atoms with Crippen LogP contribution in [0.25, 0.3) is 0 Å². The quantitative estimate of drug-likeness (QED) is 0.467. The summed E-state index contributed by atoms with van der Waals surface area (Å²) >= 11 is 5.42. The molecule has 3 aromatic carbocycles. The van der Waals surface area contributed by atoms with Crippen LogP contribution in [0, 0.1) is 0 Å². The number of methoxy groups -OCH3 is 2. The Morgan fingerprint density at radius 1 is 0.821 bits per heavy atom. The zero-order valence-corrected chi connectivity index (χ0v) is 16.4. The van der Waals surface area contributed by atoms with Crippen molar-refractivity contribution in [3.05, 3.63) is 83.9 Å². The molecule has 3 rings (SSSR count). The van der Waals surface area contributed by atoms with E-state index in [4.69, 9.17) is 21.7 Å². The van der Waals surface area contributed by atoms with E-state index in [9.17, 15) is 4.79 Å². The van der Waals surface area contributed by atoms with Gasteiger partial charge in [0, 0.05) is 35.0 Å². The summed E-state index contributed by atoms with van der Waals surface area (Å²) in [5.41, 5.74) is 2.50. The predicted octanol–water partition coefficient (Wildman–Crippen LogP) is 4.74. The van der Waals surface area contributed by atoms with Crippen molar-refractivity contribution in [2.24, 2.45) is 0 Å². The number of carbonyl (C=O) groups excluding carboxylic acids is 1. The molecule has 0 unspecified atom stereocenters. The molecule has 0 bridgehead atoms. The van der Waals surface area contributed by atoms with E-state index in [-0.39, 0.29) is 5.78 Å². The SMILES string of the molecule is COc1cc(NC(=S)Nc2ccccc2C(=O)c2ccccc2)cc(OC)c1. The van der Waals surface area contributed by atoms with Crippen LogP contribution in [0.1, 0.15) is 15.9 Å². The van der Waals surface area contributed by atoms with E-state index in [1.807, 2.05) is 36.4 Å². The Balaban J connectivity index is 1.79. The summed E-state index contributed by atoms with van der Waals surface area (Å²) in [7, 11) is 3.17. The average Bonchev–Trinajstić information content (AvgIpc) is 2.73. The van der Waals surface area contributed by atoms with Gasteiger partial charge in [-0.05, 0) is 24.4 Å². The fourth-order valence-electron chi connectivity index (χ4n) is 2.70. The number of ether oxygens (including phenoxy) is 2. The summed E-state index contributed by atoms with van der Waals surface area (Å²) in [4.78, 5) is 12.8. The Bertz CT molecular complexity index is 968.